The molecule has 1 aromatic carbocycles. The summed E-state index contributed by atoms with van der Waals surface area (Å²) in [7, 11) is 0. The lowest BCUT2D eigenvalue weighted by Crippen LogP contribution is -2.28. The summed E-state index contributed by atoms with van der Waals surface area (Å²) < 4.78 is 5.77. The lowest BCUT2D eigenvalue weighted by molar-refractivity contribution is 0.252. The van der Waals surface area contributed by atoms with Gasteiger partial charge in [0.25, 0.3) is 0 Å². The van der Waals surface area contributed by atoms with Gasteiger partial charge in [-0.2, -0.15) is 0 Å². The standard InChI is InChI=1S/C14H20ClNO/c1-11-2-3-13(15)14(10-11)17-9-6-12-4-7-16-8-5-12/h2-3,10,12,16H,4-9H2,1H3. The van der Waals surface area contributed by atoms with E-state index in [4.69, 9.17) is 16.3 Å². The van der Waals surface area contributed by atoms with Crippen molar-refractivity contribution in [2.45, 2.75) is 26.2 Å². The summed E-state index contributed by atoms with van der Waals surface area (Å²) in [6.07, 6.45) is 3.67. The van der Waals surface area contributed by atoms with Crippen molar-refractivity contribution in [1.29, 1.82) is 0 Å². The Morgan fingerprint density at radius 2 is 2.12 bits per heavy atom. The van der Waals surface area contributed by atoms with Crippen LogP contribution in [0.5, 0.6) is 5.75 Å². The maximum absolute atomic E-state index is 6.08. The van der Waals surface area contributed by atoms with E-state index in [1.54, 1.807) is 0 Å². The van der Waals surface area contributed by atoms with E-state index in [-0.39, 0.29) is 0 Å². The molecule has 0 spiro atoms. The molecular weight excluding hydrogens is 234 g/mol. The number of hydrogen-bond acceptors (Lipinski definition) is 2. The largest absolute Gasteiger partial charge is 0.492 e. The summed E-state index contributed by atoms with van der Waals surface area (Å²) in [5, 5.41) is 4.09. The fourth-order valence-electron chi connectivity index (χ4n) is 2.23. The van der Waals surface area contributed by atoms with Crippen molar-refractivity contribution >= 4 is 11.6 Å². The molecule has 2 rings (SSSR count). The lowest BCUT2D eigenvalue weighted by atomic mass is 9.95. The first-order valence-electron chi connectivity index (χ1n) is 6.35. The zero-order chi connectivity index (χ0) is 12.1. The highest BCUT2D eigenvalue weighted by Crippen LogP contribution is 2.26. The summed E-state index contributed by atoms with van der Waals surface area (Å²) >= 11 is 6.08. The summed E-state index contributed by atoms with van der Waals surface area (Å²) in [5.74, 6) is 1.63. The third-order valence-electron chi connectivity index (χ3n) is 3.33. The van der Waals surface area contributed by atoms with E-state index in [1.165, 1.54) is 18.4 Å². The summed E-state index contributed by atoms with van der Waals surface area (Å²) in [4.78, 5) is 0. The Labute approximate surface area is 108 Å². The second kappa shape index (κ2) is 6.27. The Bertz CT molecular complexity index is 361. The van der Waals surface area contributed by atoms with Gasteiger partial charge in [-0.1, -0.05) is 17.7 Å². The van der Waals surface area contributed by atoms with Crippen LogP contribution in [0.2, 0.25) is 5.02 Å². The van der Waals surface area contributed by atoms with Gasteiger partial charge >= 0.3 is 0 Å². The molecule has 3 heteroatoms. The number of halogens is 1. The van der Waals surface area contributed by atoms with Crippen LogP contribution in [-0.2, 0) is 0 Å². The summed E-state index contributed by atoms with van der Waals surface area (Å²) in [6.45, 7) is 5.12. The van der Waals surface area contributed by atoms with Crippen LogP contribution >= 0.6 is 11.6 Å². The highest BCUT2D eigenvalue weighted by Gasteiger charge is 2.13. The first-order chi connectivity index (χ1) is 8.25. The monoisotopic (exact) mass is 253 g/mol. The van der Waals surface area contributed by atoms with Crippen molar-refractivity contribution in [3.8, 4) is 5.75 Å². The van der Waals surface area contributed by atoms with E-state index >= 15 is 0 Å². The maximum atomic E-state index is 6.08. The minimum Gasteiger partial charge on any atom is -0.492 e. The van der Waals surface area contributed by atoms with Crippen LogP contribution in [0.15, 0.2) is 18.2 Å². The topological polar surface area (TPSA) is 21.3 Å². The maximum Gasteiger partial charge on any atom is 0.138 e. The third-order valence-corrected chi connectivity index (χ3v) is 3.64. The molecule has 1 saturated heterocycles. The smallest absolute Gasteiger partial charge is 0.138 e. The number of rotatable bonds is 4. The van der Waals surface area contributed by atoms with E-state index in [2.05, 4.69) is 12.2 Å². The van der Waals surface area contributed by atoms with Gasteiger partial charge in [0.2, 0.25) is 0 Å². The molecule has 1 aromatic rings. The Kier molecular flexibility index (Phi) is 4.69. The predicted molar refractivity (Wildman–Crippen MR) is 71.9 cm³/mol. The molecular formula is C14H20ClNO. The van der Waals surface area contributed by atoms with Crippen molar-refractivity contribution in [1.82, 2.24) is 5.32 Å². The van der Waals surface area contributed by atoms with Crippen LogP contribution in [0, 0.1) is 12.8 Å². The van der Waals surface area contributed by atoms with Crippen molar-refractivity contribution in [3.05, 3.63) is 28.8 Å². The normalized spacial score (nSPS) is 17.1. The molecule has 1 N–H and O–H groups in total. The van der Waals surface area contributed by atoms with Crippen molar-refractivity contribution in [3.63, 3.8) is 0 Å². The number of ether oxygens (including phenoxy) is 1. The molecule has 17 heavy (non-hydrogen) atoms. The van der Waals surface area contributed by atoms with Gasteiger partial charge in [0, 0.05) is 0 Å². The molecule has 94 valence electrons. The SMILES string of the molecule is Cc1ccc(Cl)c(OCCC2CCNCC2)c1. The Morgan fingerprint density at radius 3 is 2.88 bits per heavy atom. The third kappa shape index (κ3) is 3.90. The van der Waals surface area contributed by atoms with Crippen LogP contribution in [0.25, 0.3) is 0 Å². The van der Waals surface area contributed by atoms with Gasteiger partial charge in [-0.15, -0.1) is 0 Å². The second-order valence-electron chi connectivity index (χ2n) is 4.76. The molecule has 1 aliphatic heterocycles. The minimum atomic E-state index is 0.709. The highest BCUT2D eigenvalue weighted by molar-refractivity contribution is 6.32. The van der Waals surface area contributed by atoms with Gasteiger partial charge in [-0.3, -0.25) is 0 Å². The van der Waals surface area contributed by atoms with Crippen LogP contribution in [0.3, 0.4) is 0 Å². The number of aryl methyl sites for hydroxylation is 1. The molecule has 0 bridgehead atoms. The molecule has 0 radical (unpaired) electrons. The molecule has 1 heterocycles. The van der Waals surface area contributed by atoms with E-state index in [1.807, 2.05) is 18.2 Å². The molecule has 0 saturated carbocycles. The Hall–Kier alpha value is -0.730. The average molecular weight is 254 g/mol. The van der Waals surface area contributed by atoms with Gasteiger partial charge in [-0.05, 0) is 62.9 Å². The zero-order valence-corrected chi connectivity index (χ0v) is 11.1. The number of nitrogens with one attached hydrogen (secondary N) is 1. The van der Waals surface area contributed by atoms with E-state index < -0.39 is 0 Å². The van der Waals surface area contributed by atoms with Gasteiger partial charge in [0.1, 0.15) is 5.75 Å². The van der Waals surface area contributed by atoms with Crippen LogP contribution in [0.4, 0.5) is 0 Å². The molecule has 0 aliphatic carbocycles. The first-order valence-corrected chi connectivity index (χ1v) is 6.73. The van der Waals surface area contributed by atoms with E-state index in [0.717, 1.165) is 37.8 Å². The molecule has 0 aromatic heterocycles. The molecule has 1 fully saturated rings. The van der Waals surface area contributed by atoms with Crippen molar-refractivity contribution in [2.75, 3.05) is 19.7 Å². The van der Waals surface area contributed by atoms with Crippen LogP contribution in [0.1, 0.15) is 24.8 Å². The summed E-state index contributed by atoms with van der Waals surface area (Å²) in [5.41, 5.74) is 1.19. The molecule has 2 nitrogen and oxygen atoms in total. The number of piperidine rings is 1. The van der Waals surface area contributed by atoms with Crippen molar-refractivity contribution < 1.29 is 4.74 Å². The Morgan fingerprint density at radius 1 is 1.35 bits per heavy atom. The second-order valence-corrected chi connectivity index (χ2v) is 5.17. The van der Waals surface area contributed by atoms with Gasteiger partial charge in [-0.25, -0.2) is 0 Å². The minimum absolute atomic E-state index is 0.709. The highest BCUT2D eigenvalue weighted by atomic mass is 35.5. The summed E-state index contributed by atoms with van der Waals surface area (Å²) in [6, 6.07) is 5.91. The molecule has 0 atom stereocenters. The fraction of sp³-hybridized carbons (Fsp3) is 0.571. The zero-order valence-electron chi connectivity index (χ0n) is 10.3. The molecule has 1 aliphatic rings. The van der Waals surface area contributed by atoms with Gasteiger partial charge in [0.05, 0.1) is 11.6 Å². The van der Waals surface area contributed by atoms with Crippen LogP contribution in [-0.4, -0.2) is 19.7 Å². The number of hydrogen-bond donors (Lipinski definition) is 1. The predicted octanol–water partition coefficient (Wildman–Crippen LogP) is 3.42. The molecule has 0 amide bonds. The van der Waals surface area contributed by atoms with E-state index in [9.17, 15) is 0 Å². The van der Waals surface area contributed by atoms with Gasteiger partial charge in [0.15, 0.2) is 0 Å². The van der Waals surface area contributed by atoms with Crippen molar-refractivity contribution in [2.24, 2.45) is 5.92 Å². The van der Waals surface area contributed by atoms with Crippen LogP contribution < -0.4 is 10.1 Å². The Balaban J connectivity index is 1.79. The average Bonchev–Trinajstić information content (AvgIpc) is 2.35. The molecule has 0 unspecified atom stereocenters. The fourth-order valence-corrected chi connectivity index (χ4v) is 2.40. The van der Waals surface area contributed by atoms with Gasteiger partial charge < -0.3 is 10.1 Å². The number of benzene rings is 1. The lowest BCUT2D eigenvalue weighted by Gasteiger charge is -2.22. The first kappa shape index (κ1) is 12.7. The quantitative estimate of drug-likeness (QED) is 0.888. The van der Waals surface area contributed by atoms with E-state index in [0.29, 0.717) is 5.02 Å².